The molecule has 0 bridgehead atoms. The number of thioether (sulfide) groups is 1. The molecule has 1 aliphatic rings. The molecule has 1 aromatic heterocycles. The number of carbonyl (C=O) groups is 1. The van der Waals surface area contributed by atoms with Gasteiger partial charge in [-0.3, -0.25) is 9.89 Å². The Morgan fingerprint density at radius 1 is 1.50 bits per heavy atom. The molecule has 0 fully saturated rings. The number of benzene rings is 1. The van der Waals surface area contributed by atoms with Crippen LogP contribution in [0.4, 0.5) is 0 Å². The number of aromatic amines is 1. The Kier molecular flexibility index (Phi) is 3.87. The normalized spacial score (nSPS) is 17.1. The zero-order chi connectivity index (χ0) is 13.8. The number of rotatable bonds is 4. The molecule has 1 aliphatic heterocycles. The van der Waals surface area contributed by atoms with Gasteiger partial charge in [0, 0.05) is 12.0 Å². The SMILES string of the molecule is O=C(CSc1ncn[nH]1)N[C@@H]1CCOc2ccccc21. The van der Waals surface area contributed by atoms with Gasteiger partial charge in [0.25, 0.3) is 0 Å². The summed E-state index contributed by atoms with van der Waals surface area (Å²) in [7, 11) is 0. The standard InChI is InChI=1S/C13H14N4O2S/c18-12(7-20-13-14-8-15-17-13)16-10-5-6-19-11-4-2-1-3-9(10)11/h1-4,8,10H,5-7H2,(H,16,18)(H,14,15,17)/t10-/m1/s1. The van der Waals surface area contributed by atoms with Gasteiger partial charge in [0.2, 0.25) is 5.91 Å². The molecule has 7 heteroatoms. The number of hydrogen-bond donors (Lipinski definition) is 2. The minimum Gasteiger partial charge on any atom is -0.493 e. The van der Waals surface area contributed by atoms with Gasteiger partial charge in [0.1, 0.15) is 12.1 Å². The van der Waals surface area contributed by atoms with E-state index in [2.05, 4.69) is 20.5 Å². The maximum atomic E-state index is 12.0. The highest BCUT2D eigenvalue weighted by Crippen LogP contribution is 2.31. The summed E-state index contributed by atoms with van der Waals surface area (Å²) in [5.41, 5.74) is 1.04. The van der Waals surface area contributed by atoms with Crippen molar-refractivity contribution in [2.24, 2.45) is 0 Å². The first kappa shape index (κ1) is 13.0. The van der Waals surface area contributed by atoms with Crippen LogP contribution in [0.2, 0.25) is 0 Å². The van der Waals surface area contributed by atoms with E-state index in [9.17, 15) is 4.79 Å². The molecule has 6 nitrogen and oxygen atoms in total. The molecule has 1 atom stereocenters. The van der Waals surface area contributed by atoms with Crippen LogP contribution in [-0.2, 0) is 4.79 Å². The Hall–Kier alpha value is -2.02. The molecule has 0 saturated heterocycles. The lowest BCUT2D eigenvalue weighted by Crippen LogP contribution is -2.33. The third-order valence-corrected chi connectivity index (χ3v) is 3.90. The van der Waals surface area contributed by atoms with Crippen molar-refractivity contribution >= 4 is 17.7 Å². The number of ether oxygens (including phenoxy) is 1. The van der Waals surface area contributed by atoms with Crippen LogP contribution in [0.15, 0.2) is 35.7 Å². The van der Waals surface area contributed by atoms with Crippen molar-refractivity contribution in [3.05, 3.63) is 36.2 Å². The van der Waals surface area contributed by atoms with Crippen LogP contribution in [0, 0.1) is 0 Å². The third-order valence-electron chi connectivity index (χ3n) is 3.03. The van der Waals surface area contributed by atoms with E-state index in [4.69, 9.17) is 4.74 Å². The molecular formula is C13H14N4O2S. The van der Waals surface area contributed by atoms with E-state index in [0.29, 0.717) is 17.5 Å². The minimum absolute atomic E-state index is 0.0165. The molecule has 2 heterocycles. The highest BCUT2D eigenvalue weighted by Gasteiger charge is 2.22. The van der Waals surface area contributed by atoms with Gasteiger partial charge in [-0.15, -0.1) is 0 Å². The lowest BCUT2D eigenvalue weighted by atomic mass is 10.0. The average Bonchev–Trinajstić information content (AvgIpc) is 2.99. The van der Waals surface area contributed by atoms with Crippen molar-refractivity contribution in [2.75, 3.05) is 12.4 Å². The molecule has 1 amide bonds. The Balaban J connectivity index is 1.59. The molecule has 2 N–H and O–H groups in total. The second-order valence-electron chi connectivity index (χ2n) is 4.37. The third kappa shape index (κ3) is 2.93. The Morgan fingerprint density at radius 3 is 3.25 bits per heavy atom. The first-order chi connectivity index (χ1) is 9.83. The molecular weight excluding hydrogens is 276 g/mol. The predicted octanol–water partition coefficient (Wildman–Crippen LogP) is 1.54. The number of para-hydroxylation sites is 1. The van der Waals surface area contributed by atoms with Crippen LogP contribution in [0.1, 0.15) is 18.0 Å². The Bertz CT molecular complexity index is 588. The Labute approximate surface area is 120 Å². The van der Waals surface area contributed by atoms with E-state index >= 15 is 0 Å². The number of nitrogens with one attached hydrogen (secondary N) is 2. The molecule has 104 valence electrons. The number of carbonyl (C=O) groups excluding carboxylic acids is 1. The zero-order valence-corrected chi connectivity index (χ0v) is 11.5. The van der Waals surface area contributed by atoms with Crippen molar-refractivity contribution in [3.8, 4) is 5.75 Å². The van der Waals surface area contributed by atoms with E-state index in [0.717, 1.165) is 17.7 Å². The van der Waals surface area contributed by atoms with Crippen LogP contribution in [0.25, 0.3) is 0 Å². The monoisotopic (exact) mass is 290 g/mol. The predicted molar refractivity (Wildman–Crippen MR) is 74.5 cm³/mol. The van der Waals surface area contributed by atoms with E-state index in [1.807, 2.05) is 24.3 Å². The summed E-state index contributed by atoms with van der Waals surface area (Å²) in [5.74, 6) is 1.15. The summed E-state index contributed by atoms with van der Waals surface area (Å²) >= 11 is 1.33. The average molecular weight is 290 g/mol. The highest BCUT2D eigenvalue weighted by atomic mass is 32.2. The second kappa shape index (κ2) is 5.96. The largest absolute Gasteiger partial charge is 0.493 e. The fraction of sp³-hybridized carbons (Fsp3) is 0.308. The molecule has 0 spiro atoms. The number of nitrogens with zero attached hydrogens (tertiary/aromatic N) is 2. The maximum Gasteiger partial charge on any atom is 0.230 e. The van der Waals surface area contributed by atoms with Crippen LogP contribution >= 0.6 is 11.8 Å². The van der Waals surface area contributed by atoms with Gasteiger partial charge >= 0.3 is 0 Å². The molecule has 0 unspecified atom stereocenters. The van der Waals surface area contributed by atoms with Gasteiger partial charge in [-0.05, 0) is 6.07 Å². The zero-order valence-electron chi connectivity index (χ0n) is 10.7. The van der Waals surface area contributed by atoms with Crippen LogP contribution in [-0.4, -0.2) is 33.4 Å². The smallest absolute Gasteiger partial charge is 0.230 e. The lowest BCUT2D eigenvalue weighted by molar-refractivity contribution is -0.119. The lowest BCUT2D eigenvalue weighted by Gasteiger charge is -2.26. The van der Waals surface area contributed by atoms with Gasteiger partial charge in [-0.25, -0.2) is 4.98 Å². The summed E-state index contributed by atoms with van der Waals surface area (Å²) in [5, 5.41) is 10.1. The van der Waals surface area contributed by atoms with E-state index < -0.39 is 0 Å². The number of amides is 1. The number of H-pyrrole nitrogens is 1. The van der Waals surface area contributed by atoms with Gasteiger partial charge in [0.05, 0.1) is 18.4 Å². The van der Waals surface area contributed by atoms with E-state index in [1.54, 1.807) is 0 Å². The van der Waals surface area contributed by atoms with Crippen LogP contribution in [0.3, 0.4) is 0 Å². The molecule has 0 radical (unpaired) electrons. The second-order valence-corrected chi connectivity index (χ2v) is 5.34. The fourth-order valence-corrected chi connectivity index (χ4v) is 2.72. The van der Waals surface area contributed by atoms with Crippen LogP contribution in [0.5, 0.6) is 5.75 Å². The van der Waals surface area contributed by atoms with E-state index in [-0.39, 0.29) is 11.9 Å². The maximum absolute atomic E-state index is 12.0. The first-order valence-corrected chi connectivity index (χ1v) is 7.31. The fourth-order valence-electron chi connectivity index (χ4n) is 2.13. The quantitative estimate of drug-likeness (QED) is 0.835. The van der Waals surface area contributed by atoms with Crippen molar-refractivity contribution in [1.29, 1.82) is 0 Å². The van der Waals surface area contributed by atoms with Gasteiger partial charge in [-0.2, -0.15) is 5.10 Å². The molecule has 0 aliphatic carbocycles. The number of aromatic nitrogens is 3. The first-order valence-electron chi connectivity index (χ1n) is 6.32. The summed E-state index contributed by atoms with van der Waals surface area (Å²) < 4.78 is 5.57. The highest BCUT2D eigenvalue weighted by molar-refractivity contribution is 7.99. The molecule has 2 aromatic rings. The molecule has 20 heavy (non-hydrogen) atoms. The summed E-state index contributed by atoms with van der Waals surface area (Å²) in [6.07, 6.45) is 2.21. The molecule has 3 rings (SSSR count). The summed E-state index contributed by atoms with van der Waals surface area (Å²) in [6.45, 7) is 0.622. The Morgan fingerprint density at radius 2 is 2.40 bits per heavy atom. The van der Waals surface area contributed by atoms with Gasteiger partial charge < -0.3 is 10.1 Å². The van der Waals surface area contributed by atoms with Gasteiger partial charge in [0.15, 0.2) is 5.16 Å². The van der Waals surface area contributed by atoms with Crippen LogP contribution < -0.4 is 10.1 Å². The van der Waals surface area contributed by atoms with Crippen molar-refractivity contribution in [2.45, 2.75) is 17.6 Å². The minimum atomic E-state index is -0.0203. The van der Waals surface area contributed by atoms with Crippen molar-refractivity contribution in [3.63, 3.8) is 0 Å². The summed E-state index contributed by atoms with van der Waals surface area (Å²) in [6, 6.07) is 7.82. The molecule has 1 aromatic carbocycles. The van der Waals surface area contributed by atoms with Crippen molar-refractivity contribution in [1.82, 2.24) is 20.5 Å². The number of fused-ring (bicyclic) bond motifs is 1. The summed E-state index contributed by atoms with van der Waals surface area (Å²) in [4.78, 5) is 15.9. The van der Waals surface area contributed by atoms with Crippen molar-refractivity contribution < 1.29 is 9.53 Å². The molecule has 0 saturated carbocycles. The number of hydrogen-bond acceptors (Lipinski definition) is 5. The van der Waals surface area contributed by atoms with E-state index in [1.165, 1.54) is 18.1 Å². The topological polar surface area (TPSA) is 79.9 Å². The van der Waals surface area contributed by atoms with Gasteiger partial charge in [-0.1, -0.05) is 30.0 Å².